The molecule has 1 saturated heterocycles. The van der Waals surface area contributed by atoms with E-state index in [0.717, 1.165) is 24.8 Å². The van der Waals surface area contributed by atoms with E-state index < -0.39 is 0 Å². The molecule has 4 nitrogen and oxygen atoms in total. The number of benzene rings is 1. The fourth-order valence-electron chi connectivity index (χ4n) is 2.99. The number of hydrogen-bond acceptors (Lipinski definition) is 2. The maximum atomic E-state index is 12.2. The molecule has 1 heterocycles. The molecule has 2 rings (SSSR count). The first-order valence-corrected chi connectivity index (χ1v) is 8.71. The van der Waals surface area contributed by atoms with Gasteiger partial charge in [0, 0.05) is 32.5 Å². The lowest BCUT2D eigenvalue weighted by atomic mass is 9.96. The molecular formula is C19H28N2O2. The average molecular weight is 316 g/mol. The molecule has 0 saturated carbocycles. The number of carbonyl (C=O) groups excluding carboxylic acids is 2. The lowest BCUT2D eigenvalue weighted by Gasteiger charge is -2.30. The number of piperidine rings is 1. The van der Waals surface area contributed by atoms with Gasteiger partial charge in [0.25, 0.3) is 0 Å². The minimum absolute atomic E-state index is 0.0365. The molecule has 1 aliphatic rings. The van der Waals surface area contributed by atoms with Gasteiger partial charge in [0.1, 0.15) is 0 Å². The second-order valence-electron chi connectivity index (χ2n) is 6.42. The van der Waals surface area contributed by atoms with Gasteiger partial charge in [0.15, 0.2) is 0 Å². The summed E-state index contributed by atoms with van der Waals surface area (Å²) in [7, 11) is 0. The first kappa shape index (κ1) is 17.5. The van der Waals surface area contributed by atoms with Crippen LogP contribution in [0.2, 0.25) is 0 Å². The predicted octanol–water partition coefficient (Wildman–Crippen LogP) is 2.90. The summed E-state index contributed by atoms with van der Waals surface area (Å²) >= 11 is 0. The van der Waals surface area contributed by atoms with Crippen molar-refractivity contribution in [2.24, 2.45) is 5.92 Å². The molecule has 0 aliphatic carbocycles. The van der Waals surface area contributed by atoms with Crippen molar-refractivity contribution in [3.05, 3.63) is 35.4 Å². The first-order chi connectivity index (χ1) is 11.1. The van der Waals surface area contributed by atoms with Gasteiger partial charge in [-0.15, -0.1) is 0 Å². The van der Waals surface area contributed by atoms with Crippen LogP contribution in [0.5, 0.6) is 0 Å². The average Bonchev–Trinajstić information content (AvgIpc) is 2.58. The quantitative estimate of drug-likeness (QED) is 0.877. The highest BCUT2D eigenvalue weighted by Crippen LogP contribution is 2.17. The zero-order valence-corrected chi connectivity index (χ0v) is 14.3. The Labute approximate surface area is 139 Å². The Morgan fingerprint density at radius 3 is 2.30 bits per heavy atom. The molecule has 23 heavy (non-hydrogen) atoms. The van der Waals surface area contributed by atoms with Crippen LogP contribution in [0, 0.1) is 5.92 Å². The van der Waals surface area contributed by atoms with Crippen molar-refractivity contribution in [3.8, 4) is 0 Å². The number of likely N-dealkylation sites (tertiary alicyclic amines) is 1. The SMILES string of the molecule is CCCCc1ccc(CNC(=O)C2CCN(C(C)=O)CC2)cc1. The number of nitrogens with zero attached hydrogens (tertiary/aromatic N) is 1. The number of amides is 2. The Hall–Kier alpha value is -1.84. The summed E-state index contributed by atoms with van der Waals surface area (Å²) in [6.45, 7) is 5.76. The maximum absolute atomic E-state index is 12.2. The fraction of sp³-hybridized carbons (Fsp3) is 0.579. The van der Waals surface area contributed by atoms with Gasteiger partial charge in [-0.25, -0.2) is 0 Å². The Balaban J connectivity index is 1.75. The van der Waals surface area contributed by atoms with E-state index in [9.17, 15) is 9.59 Å². The smallest absolute Gasteiger partial charge is 0.223 e. The largest absolute Gasteiger partial charge is 0.352 e. The van der Waals surface area contributed by atoms with E-state index in [1.54, 1.807) is 6.92 Å². The van der Waals surface area contributed by atoms with Crippen LogP contribution in [-0.2, 0) is 22.6 Å². The van der Waals surface area contributed by atoms with Crippen LogP contribution in [0.4, 0.5) is 0 Å². The second kappa shape index (κ2) is 8.70. The van der Waals surface area contributed by atoms with E-state index in [2.05, 4.69) is 36.5 Å². The third-order valence-corrected chi connectivity index (χ3v) is 4.62. The summed E-state index contributed by atoms with van der Waals surface area (Å²) in [4.78, 5) is 25.4. The van der Waals surface area contributed by atoms with Crippen LogP contribution in [0.25, 0.3) is 0 Å². The molecule has 0 unspecified atom stereocenters. The number of carbonyl (C=O) groups is 2. The van der Waals surface area contributed by atoms with Gasteiger partial charge in [-0.1, -0.05) is 37.6 Å². The summed E-state index contributed by atoms with van der Waals surface area (Å²) in [5, 5.41) is 3.03. The highest BCUT2D eigenvalue weighted by atomic mass is 16.2. The Morgan fingerprint density at radius 2 is 1.74 bits per heavy atom. The highest BCUT2D eigenvalue weighted by molar-refractivity contribution is 5.79. The van der Waals surface area contributed by atoms with E-state index in [-0.39, 0.29) is 17.7 Å². The lowest BCUT2D eigenvalue weighted by molar-refractivity contribution is -0.134. The summed E-state index contributed by atoms with van der Waals surface area (Å²) < 4.78 is 0. The molecule has 1 fully saturated rings. The Bertz CT molecular complexity index is 517. The van der Waals surface area contributed by atoms with Crippen LogP contribution in [0.3, 0.4) is 0 Å². The zero-order valence-electron chi connectivity index (χ0n) is 14.3. The molecule has 4 heteroatoms. The summed E-state index contributed by atoms with van der Waals surface area (Å²) in [5.74, 6) is 0.254. The zero-order chi connectivity index (χ0) is 16.7. The Kier molecular flexibility index (Phi) is 6.63. The lowest BCUT2D eigenvalue weighted by Crippen LogP contribution is -2.42. The van der Waals surface area contributed by atoms with Gasteiger partial charge in [-0.05, 0) is 36.8 Å². The first-order valence-electron chi connectivity index (χ1n) is 8.71. The monoisotopic (exact) mass is 316 g/mol. The molecule has 0 aromatic heterocycles. The van der Waals surface area contributed by atoms with Crippen molar-refractivity contribution in [2.75, 3.05) is 13.1 Å². The molecule has 1 N–H and O–H groups in total. The number of unbranched alkanes of at least 4 members (excludes halogenated alkanes) is 1. The van der Waals surface area contributed by atoms with Crippen molar-refractivity contribution in [3.63, 3.8) is 0 Å². The van der Waals surface area contributed by atoms with E-state index in [1.807, 2.05) is 4.90 Å². The molecular weight excluding hydrogens is 288 g/mol. The van der Waals surface area contributed by atoms with Crippen LogP contribution in [-0.4, -0.2) is 29.8 Å². The Morgan fingerprint density at radius 1 is 1.13 bits per heavy atom. The normalized spacial score (nSPS) is 15.5. The van der Waals surface area contributed by atoms with Crippen LogP contribution in [0.15, 0.2) is 24.3 Å². The van der Waals surface area contributed by atoms with Crippen LogP contribution >= 0.6 is 0 Å². The molecule has 0 bridgehead atoms. The van der Waals surface area contributed by atoms with Crippen LogP contribution < -0.4 is 5.32 Å². The number of hydrogen-bond donors (Lipinski definition) is 1. The van der Waals surface area contributed by atoms with E-state index in [0.29, 0.717) is 19.6 Å². The predicted molar refractivity (Wildman–Crippen MR) is 91.9 cm³/mol. The highest BCUT2D eigenvalue weighted by Gasteiger charge is 2.25. The van der Waals surface area contributed by atoms with Gasteiger partial charge in [0.2, 0.25) is 11.8 Å². The van der Waals surface area contributed by atoms with E-state index >= 15 is 0 Å². The summed E-state index contributed by atoms with van der Waals surface area (Å²) in [5.41, 5.74) is 2.50. The molecule has 2 amide bonds. The van der Waals surface area contributed by atoms with Crippen molar-refractivity contribution in [2.45, 2.75) is 52.5 Å². The number of nitrogens with one attached hydrogen (secondary N) is 1. The third kappa shape index (κ3) is 5.38. The maximum Gasteiger partial charge on any atom is 0.223 e. The van der Waals surface area contributed by atoms with Crippen molar-refractivity contribution < 1.29 is 9.59 Å². The van der Waals surface area contributed by atoms with E-state index in [1.165, 1.54) is 18.4 Å². The van der Waals surface area contributed by atoms with Gasteiger partial charge >= 0.3 is 0 Å². The minimum Gasteiger partial charge on any atom is -0.352 e. The topological polar surface area (TPSA) is 49.4 Å². The van der Waals surface area contributed by atoms with Gasteiger partial charge in [0.05, 0.1) is 0 Å². The molecule has 0 atom stereocenters. The number of aryl methyl sites for hydroxylation is 1. The molecule has 0 radical (unpaired) electrons. The van der Waals surface area contributed by atoms with Crippen molar-refractivity contribution in [1.82, 2.24) is 10.2 Å². The molecule has 1 aromatic rings. The standard InChI is InChI=1S/C19H28N2O2/c1-3-4-5-16-6-8-17(9-7-16)14-20-19(23)18-10-12-21(13-11-18)15(2)22/h6-9,18H,3-5,10-14H2,1-2H3,(H,20,23). The molecule has 1 aliphatic heterocycles. The van der Waals surface area contributed by atoms with Crippen molar-refractivity contribution in [1.29, 1.82) is 0 Å². The van der Waals surface area contributed by atoms with Crippen LogP contribution in [0.1, 0.15) is 50.7 Å². The second-order valence-corrected chi connectivity index (χ2v) is 6.42. The van der Waals surface area contributed by atoms with Crippen molar-refractivity contribution >= 4 is 11.8 Å². The molecule has 0 spiro atoms. The summed E-state index contributed by atoms with van der Waals surface area (Å²) in [6, 6.07) is 8.51. The minimum atomic E-state index is 0.0365. The fourth-order valence-corrected chi connectivity index (χ4v) is 2.99. The molecule has 1 aromatic carbocycles. The molecule has 126 valence electrons. The van der Waals surface area contributed by atoms with Gasteiger partial charge < -0.3 is 10.2 Å². The third-order valence-electron chi connectivity index (χ3n) is 4.62. The van der Waals surface area contributed by atoms with E-state index in [4.69, 9.17) is 0 Å². The summed E-state index contributed by atoms with van der Waals surface area (Å²) in [6.07, 6.45) is 5.08. The van der Waals surface area contributed by atoms with Gasteiger partial charge in [-0.2, -0.15) is 0 Å². The van der Waals surface area contributed by atoms with Gasteiger partial charge in [-0.3, -0.25) is 9.59 Å². The number of rotatable bonds is 6.